The third-order valence-corrected chi connectivity index (χ3v) is 5.94. The lowest BCUT2D eigenvalue weighted by atomic mass is 10.2. The number of rotatable bonds is 6. The van der Waals surface area contributed by atoms with Gasteiger partial charge in [0.2, 0.25) is 13.0 Å². The topological polar surface area (TPSA) is 92.7 Å². The number of carbonyl (C=O) groups excluding carboxylic acids is 1. The zero-order valence-electron chi connectivity index (χ0n) is 16.4. The first kappa shape index (κ1) is 19.3. The van der Waals surface area contributed by atoms with E-state index in [9.17, 15) is 9.90 Å². The number of fused-ring (bicyclic) bond motifs is 2. The number of nitrogens with one attached hydrogen (secondary N) is 2. The highest BCUT2D eigenvalue weighted by molar-refractivity contribution is 7.21. The van der Waals surface area contributed by atoms with Crippen molar-refractivity contribution in [2.24, 2.45) is 0 Å². The quantitative estimate of drug-likeness (QED) is 0.401. The van der Waals surface area contributed by atoms with Crippen molar-refractivity contribution in [3.63, 3.8) is 0 Å². The number of ether oxygens (including phenoxy) is 2. The first-order chi connectivity index (χ1) is 15.2. The van der Waals surface area contributed by atoms with Crippen molar-refractivity contribution in [3.8, 4) is 22.1 Å². The Kier molecular flexibility index (Phi) is 5.15. The van der Waals surface area contributed by atoms with Gasteiger partial charge in [0.05, 0.1) is 10.2 Å². The van der Waals surface area contributed by atoms with Gasteiger partial charge >= 0.3 is 0 Å². The summed E-state index contributed by atoms with van der Waals surface area (Å²) in [7, 11) is 0. The Morgan fingerprint density at radius 3 is 2.84 bits per heavy atom. The third kappa shape index (κ3) is 4.16. The van der Waals surface area contributed by atoms with E-state index in [1.807, 2.05) is 54.6 Å². The molecule has 8 heteroatoms. The highest BCUT2D eigenvalue weighted by Gasteiger charge is 2.17. The molecule has 3 aromatic carbocycles. The van der Waals surface area contributed by atoms with E-state index in [0.717, 1.165) is 26.4 Å². The van der Waals surface area contributed by atoms with Crippen LogP contribution in [0.5, 0.6) is 11.5 Å². The average Bonchev–Trinajstić information content (AvgIpc) is 3.44. The molecule has 0 saturated heterocycles. The summed E-state index contributed by atoms with van der Waals surface area (Å²) in [6.45, 7) is 0.462. The van der Waals surface area contributed by atoms with Gasteiger partial charge in [0, 0.05) is 17.8 Å². The summed E-state index contributed by atoms with van der Waals surface area (Å²) in [5.74, 6) is 0.810. The molecule has 0 bridgehead atoms. The average molecular weight is 433 g/mol. The van der Waals surface area contributed by atoms with Crippen molar-refractivity contribution >= 4 is 33.1 Å². The fourth-order valence-corrected chi connectivity index (χ4v) is 4.26. The molecule has 0 aliphatic carbocycles. The molecule has 5 rings (SSSR count). The van der Waals surface area contributed by atoms with E-state index in [2.05, 4.69) is 15.6 Å². The van der Waals surface area contributed by atoms with Gasteiger partial charge in [-0.1, -0.05) is 30.3 Å². The molecule has 1 atom stereocenters. The number of hydrogen-bond acceptors (Lipinski definition) is 7. The standard InChI is InChI=1S/C23H19N3O4S/c27-21(24-12-14-8-9-18-19(10-14)30-13-29-18)22(28)25-16-5-3-4-15(11-16)23-26-17-6-1-2-7-20(17)31-23/h1-11,22,25,28H,12-13H2,(H,24,27). The summed E-state index contributed by atoms with van der Waals surface area (Å²) in [6.07, 6.45) is -1.39. The van der Waals surface area contributed by atoms with E-state index in [4.69, 9.17) is 9.47 Å². The molecule has 7 nitrogen and oxygen atoms in total. The van der Waals surface area contributed by atoms with Gasteiger partial charge in [0.25, 0.3) is 5.91 Å². The normalized spacial score (nSPS) is 13.2. The van der Waals surface area contributed by atoms with Gasteiger partial charge in [-0.2, -0.15) is 0 Å². The molecule has 1 aromatic heterocycles. The van der Waals surface area contributed by atoms with E-state index in [-0.39, 0.29) is 13.3 Å². The van der Waals surface area contributed by atoms with Gasteiger partial charge in [0.1, 0.15) is 5.01 Å². The first-order valence-corrected chi connectivity index (χ1v) is 10.5. The Balaban J connectivity index is 1.23. The van der Waals surface area contributed by atoms with Crippen molar-refractivity contribution in [1.29, 1.82) is 0 Å². The van der Waals surface area contributed by atoms with Crippen LogP contribution in [-0.2, 0) is 11.3 Å². The lowest BCUT2D eigenvalue weighted by Gasteiger charge is -2.15. The molecule has 1 aliphatic heterocycles. The molecule has 31 heavy (non-hydrogen) atoms. The van der Waals surface area contributed by atoms with E-state index >= 15 is 0 Å². The second kappa shape index (κ2) is 8.25. The van der Waals surface area contributed by atoms with Crippen LogP contribution in [0.4, 0.5) is 5.69 Å². The smallest absolute Gasteiger partial charge is 0.270 e. The summed E-state index contributed by atoms with van der Waals surface area (Å²) in [4.78, 5) is 17.0. The zero-order valence-corrected chi connectivity index (χ0v) is 17.2. The van der Waals surface area contributed by atoms with Crippen LogP contribution in [0.25, 0.3) is 20.8 Å². The summed E-state index contributed by atoms with van der Waals surface area (Å²) >= 11 is 1.60. The SMILES string of the molecule is O=C(NCc1ccc2c(c1)OCO2)C(O)Nc1cccc(-c2nc3ccccc3s2)c1. The van der Waals surface area contributed by atoms with Crippen molar-refractivity contribution in [3.05, 3.63) is 72.3 Å². The summed E-state index contributed by atoms with van der Waals surface area (Å²) in [5.41, 5.74) is 3.34. The van der Waals surface area contributed by atoms with Crippen LogP contribution in [0.15, 0.2) is 66.7 Å². The van der Waals surface area contributed by atoms with E-state index in [1.165, 1.54) is 0 Å². The van der Waals surface area contributed by atoms with Crippen molar-refractivity contribution in [2.75, 3.05) is 12.1 Å². The van der Waals surface area contributed by atoms with Gasteiger partial charge in [0.15, 0.2) is 11.5 Å². The van der Waals surface area contributed by atoms with Crippen LogP contribution in [-0.4, -0.2) is 29.0 Å². The van der Waals surface area contributed by atoms with Gasteiger partial charge in [-0.05, 0) is 42.0 Å². The summed E-state index contributed by atoms with van der Waals surface area (Å²) in [5, 5.41) is 16.7. The maximum atomic E-state index is 12.3. The van der Waals surface area contributed by atoms with Crippen LogP contribution in [0, 0.1) is 0 Å². The fraction of sp³-hybridized carbons (Fsp3) is 0.130. The first-order valence-electron chi connectivity index (χ1n) is 9.72. The predicted octanol–water partition coefficient (Wildman–Crippen LogP) is 3.74. The zero-order chi connectivity index (χ0) is 21.2. The molecule has 2 heterocycles. The Hall–Kier alpha value is -3.62. The molecule has 0 fully saturated rings. The van der Waals surface area contributed by atoms with E-state index in [0.29, 0.717) is 17.2 Å². The monoisotopic (exact) mass is 433 g/mol. The minimum absolute atomic E-state index is 0.198. The number of benzene rings is 3. The number of anilines is 1. The van der Waals surface area contributed by atoms with Gasteiger partial charge in [-0.15, -0.1) is 11.3 Å². The molecular weight excluding hydrogens is 414 g/mol. The molecule has 3 N–H and O–H groups in total. The maximum Gasteiger partial charge on any atom is 0.270 e. The number of amides is 1. The van der Waals surface area contributed by atoms with E-state index < -0.39 is 12.1 Å². The Bertz CT molecular complexity index is 1220. The number of aliphatic hydroxyl groups excluding tert-OH is 1. The van der Waals surface area contributed by atoms with E-state index in [1.54, 1.807) is 23.5 Å². The fourth-order valence-electron chi connectivity index (χ4n) is 3.30. The summed E-state index contributed by atoms with van der Waals surface area (Å²) in [6, 6.07) is 20.9. The molecule has 0 radical (unpaired) electrons. The lowest BCUT2D eigenvalue weighted by molar-refractivity contribution is -0.128. The van der Waals surface area contributed by atoms with Crippen LogP contribution < -0.4 is 20.1 Å². The molecule has 1 amide bonds. The predicted molar refractivity (Wildman–Crippen MR) is 119 cm³/mol. The second-order valence-electron chi connectivity index (χ2n) is 7.02. The molecule has 156 valence electrons. The number of nitrogens with zero attached hydrogens (tertiary/aromatic N) is 1. The molecule has 1 unspecified atom stereocenters. The number of carbonyl (C=O) groups is 1. The van der Waals surface area contributed by atoms with Gasteiger partial charge in [-0.3, -0.25) is 4.79 Å². The maximum absolute atomic E-state index is 12.3. The van der Waals surface area contributed by atoms with Crippen LogP contribution in [0.1, 0.15) is 5.56 Å². The molecular formula is C23H19N3O4S. The molecule has 4 aromatic rings. The lowest BCUT2D eigenvalue weighted by Crippen LogP contribution is -2.39. The van der Waals surface area contributed by atoms with Crippen LogP contribution in [0.3, 0.4) is 0 Å². The van der Waals surface area contributed by atoms with Gasteiger partial charge in [-0.25, -0.2) is 4.98 Å². The largest absolute Gasteiger partial charge is 0.454 e. The molecule has 0 spiro atoms. The molecule has 0 saturated carbocycles. The molecule has 1 aliphatic rings. The number of hydrogen-bond donors (Lipinski definition) is 3. The van der Waals surface area contributed by atoms with Crippen LogP contribution in [0.2, 0.25) is 0 Å². The van der Waals surface area contributed by atoms with Crippen molar-refractivity contribution < 1.29 is 19.4 Å². The van der Waals surface area contributed by atoms with Crippen molar-refractivity contribution in [2.45, 2.75) is 12.8 Å². The summed E-state index contributed by atoms with van der Waals surface area (Å²) < 4.78 is 11.7. The van der Waals surface area contributed by atoms with Crippen molar-refractivity contribution in [1.82, 2.24) is 10.3 Å². The minimum atomic E-state index is -1.39. The Morgan fingerprint density at radius 1 is 1.06 bits per heavy atom. The minimum Gasteiger partial charge on any atom is -0.454 e. The van der Waals surface area contributed by atoms with Crippen LogP contribution >= 0.6 is 11.3 Å². The highest BCUT2D eigenvalue weighted by Crippen LogP contribution is 2.33. The Morgan fingerprint density at radius 2 is 1.94 bits per heavy atom. The second-order valence-corrected chi connectivity index (χ2v) is 8.05. The number of thiazole rings is 1. The Labute approximate surface area is 182 Å². The number of aliphatic hydroxyl groups is 1. The number of para-hydroxylation sites is 1. The van der Waals surface area contributed by atoms with Gasteiger partial charge < -0.3 is 25.2 Å². The third-order valence-electron chi connectivity index (χ3n) is 4.86. The number of aromatic nitrogens is 1. The highest BCUT2D eigenvalue weighted by atomic mass is 32.1.